The molecular weight excluding hydrogens is 166 g/mol. The minimum absolute atomic E-state index is 0.891. The molecule has 0 heterocycles. The molecule has 0 spiro atoms. The van der Waals surface area contributed by atoms with Gasteiger partial charge in [0.1, 0.15) is 0 Å². The van der Waals surface area contributed by atoms with E-state index in [1.165, 1.54) is 25.7 Å². The van der Waals surface area contributed by atoms with Gasteiger partial charge < -0.3 is 10.0 Å². The Hall–Kier alpha value is -0.830. The summed E-state index contributed by atoms with van der Waals surface area (Å²) in [7, 11) is 0. The van der Waals surface area contributed by atoms with E-state index < -0.39 is 5.97 Å². The van der Waals surface area contributed by atoms with E-state index in [0.717, 1.165) is 6.08 Å². The molecule has 0 aromatic heterocycles. The van der Waals surface area contributed by atoms with E-state index in [1.54, 1.807) is 6.92 Å². The summed E-state index contributed by atoms with van der Waals surface area (Å²) < 4.78 is 0. The zero-order valence-electron chi connectivity index (χ0n) is 9.08. The largest absolute Gasteiger partial charge is 0.478 e. The molecule has 0 aliphatic heterocycles. The number of carboxylic acids is 1. The third-order valence-electron chi connectivity index (χ3n) is 1.65. The molecule has 0 rings (SSSR count). The number of carbonyl (C=O) groups is 1. The highest BCUT2D eigenvalue weighted by molar-refractivity contribution is 5.79. The van der Waals surface area contributed by atoms with Crippen molar-refractivity contribution < 1.29 is 9.90 Å². The third kappa shape index (κ3) is 14.1. The van der Waals surface area contributed by atoms with Gasteiger partial charge in [0.15, 0.2) is 0 Å². The fourth-order valence-corrected chi connectivity index (χ4v) is 0.813. The maximum Gasteiger partial charge on any atom is 0.327 e. The molecule has 78 valence electrons. The van der Waals surface area contributed by atoms with Gasteiger partial charge in [-0.25, -0.2) is 4.79 Å². The number of carboxylic acid groups (broad SMARTS) is 1. The molecule has 0 aromatic carbocycles. The molecule has 3 heteroatoms. The molecule has 0 amide bonds. The molecule has 0 saturated heterocycles. The van der Waals surface area contributed by atoms with E-state index in [-0.39, 0.29) is 0 Å². The highest BCUT2D eigenvalue weighted by atomic mass is 16.4. The molecule has 0 aliphatic carbocycles. The van der Waals surface area contributed by atoms with Crippen molar-refractivity contribution >= 4 is 5.97 Å². The Labute approximate surface area is 81.1 Å². The first kappa shape index (κ1) is 14.7. The lowest BCUT2D eigenvalue weighted by atomic mass is 10.5. The number of hydrogen-bond donors (Lipinski definition) is 1. The Morgan fingerprint density at radius 3 is 1.62 bits per heavy atom. The van der Waals surface area contributed by atoms with Gasteiger partial charge in [0.2, 0.25) is 0 Å². The van der Waals surface area contributed by atoms with Crippen LogP contribution in [-0.2, 0) is 4.79 Å². The van der Waals surface area contributed by atoms with Crippen molar-refractivity contribution in [3.05, 3.63) is 12.2 Å². The van der Waals surface area contributed by atoms with Crippen LogP contribution in [0.25, 0.3) is 0 Å². The predicted molar refractivity (Wildman–Crippen MR) is 55.9 cm³/mol. The third-order valence-corrected chi connectivity index (χ3v) is 1.65. The Morgan fingerprint density at radius 1 is 1.23 bits per heavy atom. The molecule has 3 nitrogen and oxygen atoms in total. The molecule has 0 aliphatic rings. The maximum atomic E-state index is 9.51. The molecule has 0 radical (unpaired) electrons. The number of hydrogen-bond acceptors (Lipinski definition) is 2. The van der Waals surface area contributed by atoms with Gasteiger partial charge in [-0.3, -0.25) is 0 Å². The van der Waals surface area contributed by atoms with Crippen LogP contribution in [0.3, 0.4) is 0 Å². The SMILES string of the molecule is CC=CC(=O)O.CCN(CC)CC. The van der Waals surface area contributed by atoms with Crippen molar-refractivity contribution in [1.82, 2.24) is 4.90 Å². The fourth-order valence-electron chi connectivity index (χ4n) is 0.813. The summed E-state index contributed by atoms with van der Waals surface area (Å²) in [5, 5.41) is 7.83. The van der Waals surface area contributed by atoms with E-state index >= 15 is 0 Å². The number of nitrogens with zero attached hydrogens (tertiary/aromatic N) is 1. The Bertz CT molecular complexity index is 134. The lowest BCUT2D eigenvalue weighted by Crippen LogP contribution is -2.21. The summed E-state index contributed by atoms with van der Waals surface area (Å²) in [4.78, 5) is 11.9. The van der Waals surface area contributed by atoms with E-state index in [1.807, 2.05) is 0 Å². The minimum Gasteiger partial charge on any atom is -0.478 e. The molecule has 0 fully saturated rings. The Morgan fingerprint density at radius 2 is 1.62 bits per heavy atom. The minimum atomic E-state index is -0.891. The van der Waals surface area contributed by atoms with Crippen LogP contribution < -0.4 is 0 Å². The second-order valence-corrected chi connectivity index (χ2v) is 2.46. The second kappa shape index (κ2) is 11.2. The smallest absolute Gasteiger partial charge is 0.327 e. The number of aliphatic carboxylic acids is 1. The van der Waals surface area contributed by atoms with Crippen molar-refractivity contribution in [2.24, 2.45) is 0 Å². The zero-order chi connectivity index (χ0) is 10.7. The normalized spacial score (nSPS) is 9.92. The zero-order valence-corrected chi connectivity index (χ0v) is 9.08. The van der Waals surface area contributed by atoms with Gasteiger partial charge in [-0.2, -0.15) is 0 Å². The summed E-state index contributed by atoms with van der Waals surface area (Å²) in [5.74, 6) is -0.891. The van der Waals surface area contributed by atoms with E-state index in [0.29, 0.717) is 0 Å². The van der Waals surface area contributed by atoms with Gasteiger partial charge in [-0.15, -0.1) is 0 Å². The van der Waals surface area contributed by atoms with Crippen LogP contribution in [-0.4, -0.2) is 35.6 Å². The first-order valence-electron chi connectivity index (χ1n) is 4.70. The van der Waals surface area contributed by atoms with Crippen LogP contribution in [0, 0.1) is 0 Å². The van der Waals surface area contributed by atoms with Crippen LogP contribution in [0.15, 0.2) is 12.2 Å². The molecule has 0 bridgehead atoms. The predicted octanol–water partition coefficient (Wildman–Crippen LogP) is 2.00. The average Bonchev–Trinajstić information content (AvgIpc) is 2.08. The van der Waals surface area contributed by atoms with E-state index in [2.05, 4.69) is 25.7 Å². The number of allylic oxidation sites excluding steroid dienone is 1. The van der Waals surface area contributed by atoms with Gasteiger partial charge in [-0.05, 0) is 26.6 Å². The number of rotatable bonds is 4. The Balaban J connectivity index is 0. The highest BCUT2D eigenvalue weighted by Gasteiger charge is 1.89. The van der Waals surface area contributed by atoms with Crippen molar-refractivity contribution in [1.29, 1.82) is 0 Å². The molecular formula is C10H21NO2. The maximum absolute atomic E-state index is 9.51. The lowest BCUT2D eigenvalue weighted by Gasteiger charge is -2.13. The first-order chi connectivity index (χ1) is 6.12. The highest BCUT2D eigenvalue weighted by Crippen LogP contribution is 1.81. The second-order valence-electron chi connectivity index (χ2n) is 2.46. The van der Waals surface area contributed by atoms with Gasteiger partial charge >= 0.3 is 5.97 Å². The summed E-state index contributed by atoms with van der Waals surface area (Å²) in [6, 6.07) is 0. The summed E-state index contributed by atoms with van der Waals surface area (Å²) in [6.45, 7) is 11.8. The molecule has 13 heavy (non-hydrogen) atoms. The van der Waals surface area contributed by atoms with Gasteiger partial charge in [0.05, 0.1) is 0 Å². The summed E-state index contributed by atoms with van der Waals surface area (Å²) >= 11 is 0. The van der Waals surface area contributed by atoms with Crippen molar-refractivity contribution in [3.63, 3.8) is 0 Å². The first-order valence-corrected chi connectivity index (χ1v) is 4.70. The molecule has 0 unspecified atom stereocenters. The standard InChI is InChI=1S/C6H15N.C4H6O2/c1-4-7(5-2)6-3;1-2-3-4(5)6/h4-6H2,1-3H3;2-3H,1H3,(H,5,6). The van der Waals surface area contributed by atoms with Crippen LogP contribution in [0.2, 0.25) is 0 Å². The molecule has 0 aromatic rings. The topological polar surface area (TPSA) is 40.5 Å². The van der Waals surface area contributed by atoms with Gasteiger partial charge in [0.25, 0.3) is 0 Å². The summed E-state index contributed by atoms with van der Waals surface area (Å²) in [6.07, 6.45) is 2.56. The molecule has 0 saturated carbocycles. The van der Waals surface area contributed by atoms with E-state index in [4.69, 9.17) is 5.11 Å². The van der Waals surface area contributed by atoms with Crippen LogP contribution >= 0.6 is 0 Å². The quantitative estimate of drug-likeness (QED) is 0.684. The van der Waals surface area contributed by atoms with E-state index in [9.17, 15) is 4.79 Å². The van der Waals surface area contributed by atoms with Gasteiger partial charge in [-0.1, -0.05) is 26.8 Å². The van der Waals surface area contributed by atoms with Crippen LogP contribution in [0.4, 0.5) is 0 Å². The Kier molecular flexibility index (Phi) is 12.6. The van der Waals surface area contributed by atoms with Crippen molar-refractivity contribution in [2.45, 2.75) is 27.7 Å². The lowest BCUT2D eigenvalue weighted by molar-refractivity contribution is -0.131. The summed E-state index contributed by atoms with van der Waals surface area (Å²) in [5.41, 5.74) is 0. The van der Waals surface area contributed by atoms with Crippen LogP contribution in [0.5, 0.6) is 0 Å². The molecule has 1 N–H and O–H groups in total. The van der Waals surface area contributed by atoms with Gasteiger partial charge in [0, 0.05) is 6.08 Å². The molecule has 0 atom stereocenters. The van der Waals surface area contributed by atoms with Crippen molar-refractivity contribution in [2.75, 3.05) is 19.6 Å². The van der Waals surface area contributed by atoms with Crippen LogP contribution in [0.1, 0.15) is 27.7 Å². The fraction of sp³-hybridized carbons (Fsp3) is 0.700. The average molecular weight is 187 g/mol. The van der Waals surface area contributed by atoms with Crippen molar-refractivity contribution in [3.8, 4) is 0 Å². The monoisotopic (exact) mass is 187 g/mol.